The number of carbonyl (C=O) groups is 1. The highest BCUT2D eigenvalue weighted by molar-refractivity contribution is 7.99. The second-order valence-corrected chi connectivity index (χ2v) is 8.32. The minimum atomic E-state index is -0.298. The van der Waals surface area contributed by atoms with E-state index >= 15 is 0 Å². The van der Waals surface area contributed by atoms with Crippen LogP contribution in [0.4, 0.5) is 0 Å². The minimum Gasteiger partial charge on any atom is -0.341 e. The second kappa shape index (κ2) is 9.21. The van der Waals surface area contributed by atoms with Crippen LogP contribution in [0, 0.1) is 0 Å². The summed E-state index contributed by atoms with van der Waals surface area (Å²) in [6.45, 7) is 3.70. The molecule has 8 heteroatoms. The molecule has 140 valence electrons. The summed E-state index contributed by atoms with van der Waals surface area (Å²) < 4.78 is 1.90. The van der Waals surface area contributed by atoms with Crippen LogP contribution in [0.15, 0.2) is 64.6 Å². The van der Waals surface area contributed by atoms with E-state index in [4.69, 9.17) is 11.6 Å². The molecule has 0 radical (unpaired) electrons. The standard InChI is InChI=1S/C19H19ClN4OS2/c1-13(20)12-27-19-23-22-17(24(19)2)15(11-14-7-4-3-5-8-14)21-18(25)16-9-6-10-26-16/h3-10,15H,1,11-12H2,2H3,(H,21,25)/t15-/m1/s1. The van der Waals surface area contributed by atoms with E-state index in [1.165, 1.54) is 23.1 Å². The fraction of sp³-hybridized carbons (Fsp3) is 0.211. The van der Waals surface area contributed by atoms with Crippen molar-refractivity contribution in [3.8, 4) is 0 Å². The fourth-order valence-electron chi connectivity index (χ4n) is 2.59. The molecule has 1 N–H and O–H groups in total. The van der Waals surface area contributed by atoms with Crippen LogP contribution in [0.5, 0.6) is 0 Å². The van der Waals surface area contributed by atoms with E-state index in [9.17, 15) is 4.79 Å². The highest BCUT2D eigenvalue weighted by Gasteiger charge is 2.23. The smallest absolute Gasteiger partial charge is 0.261 e. The zero-order valence-corrected chi connectivity index (χ0v) is 17.2. The number of rotatable bonds is 8. The molecular weight excluding hydrogens is 400 g/mol. The Labute approximate surface area is 171 Å². The maximum atomic E-state index is 12.6. The van der Waals surface area contributed by atoms with Crippen LogP contribution in [-0.2, 0) is 13.5 Å². The molecule has 0 aliphatic carbocycles. The lowest BCUT2D eigenvalue weighted by Gasteiger charge is -2.18. The van der Waals surface area contributed by atoms with Crippen LogP contribution in [0.25, 0.3) is 0 Å². The Bertz CT molecular complexity index is 909. The van der Waals surface area contributed by atoms with Gasteiger partial charge in [-0.1, -0.05) is 66.3 Å². The number of carbonyl (C=O) groups excluding carboxylic acids is 1. The maximum absolute atomic E-state index is 12.6. The van der Waals surface area contributed by atoms with Crippen LogP contribution in [0.1, 0.15) is 27.1 Å². The molecular formula is C19H19ClN4OS2. The van der Waals surface area contributed by atoms with E-state index < -0.39 is 0 Å². The molecule has 0 aliphatic rings. The first kappa shape index (κ1) is 19.7. The molecule has 27 heavy (non-hydrogen) atoms. The lowest BCUT2D eigenvalue weighted by Crippen LogP contribution is -2.31. The van der Waals surface area contributed by atoms with E-state index in [-0.39, 0.29) is 11.9 Å². The van der Waals surface area contributed by atoms with Gasteiger partial charge in [-0.25, -0.2) is 0 Å². The molecule has 0 spiro atoms. The van der Waals surface area contributed by atoms with Crippen LogP contribution in [0.2, 0.25) is 0 Å². The lowest BCUT2D eigenvalue weighted by atomic mass is 10.1. The summed E-state index contributed by atoms with van der Waals surface area (Å²) in [5, 5.41) is 14.8. The van der Waals surface area contributed by atoms with Crippen molar-refractivity contribution in [1.82, 2.24) is 20.1 Å². The van der Waals surface area contributed by atoms with Crippen LogP contribution < -0.4 is 5.32 Å². The highest BCUT2D eigenvalue weighted by Crippen LogP contribution is 2.24. The summed E-state index contributed by atoms with van der Waals surface area (Å²) in [7, 11) is 1.89. The summed E-state index contributed by atoms with van der Waals surface area (Å²) in [4.78, 5) is 13.3. The number of halogens is 1. The van der Waals surface area contributed by atoms with Gasteiger partial charge in [-0.15, -0.1) is 21.5 Å². The topological polar surface area (TPSA) is 59.8 Å². The van der Waals surface area contributed by atoms with Crippen LogP contribution >= 0.6 is 34.7 Å². The Balaban J connectivity index is 1.85. The molecule has 1 amide bonds. The van der Waals surface area contributed by atoms with Crippen molar-refractivity contribution in [1.29, 1.82) is 0 Å². The number of hydrogen-bond donors (Lipinski definition) is 1. The van der Waals surface area contributed by atoms with Crippen molar-refractivity contribution >= 4 is 40.6 Å². The number of hydrogen-bond acceptors (Lipinski definition) is 5. The molecule has 5 nitrogen and oxygen atoms in total. The number of benzene rings is 1. The Morgan fingerprint density at radius 2 is 2.07 bits per heavy atom. The molecule has 1 atom stereocenters. The number of thioether (sulfide) groups is 1. The van der Waals surface area contributed by atoms with Gasteiger partial charge >= 0.3 is 0 Å². The number of nitrogens with one attached hydrogen (secondary N) is 1. The van der Waals surface area contributed by atoms with Gasteiger partial charge in [-0.2, -0.15) is 0 Å². The van der Waals surface area contributed by atoms with Gasteiger partial charge in [0.25, 0.3) is 5.91 Å². The molecule has 2 heterocycles. The van der Waals surface area contributed by atoms with Crippen LogP contribution in [0.3, 0.4) is 0 Å². The van der Waals surface area contributed by atoms with E-state index in [0.29, 0.717) is 27.9 Å². The first-order chi connectivity index (χ1) is 13.0. The van der Waals surface area contributed by atoms with Crippen molar-refractivity contribution in [3.05, 3.63) is 75.7 Å². The van der Waals surface area contributed by atoms with Gasteiger partial charge in [0.2, 0.25) is 0 Å². The molecule has 0 unspecified atom stereocenters. The zero-order valence-electron chi connectivity index (χ0n) is 14.8. The van der Waals surface area contributed by atoms with E-state index in [2.05, 4.69) is 22.1 Å². The summed E-state index contributed by atoms with van der Waals surface area (Å²) >= 11 is 8.73. The molecule has 1 aromatic carbocycles. The Hall–Kier alpha value is -2.09. The van der Waals surface area contributed by atoms with Gasteiger partial charge in [0.05, 0.1) is 10.9 Å². The zero-order chi connectivity index (χ0) is 19.2. The highest BCUT2D eigenvalue weighted by atomic mass is 35.5. The molecule has 0 saturated heterocycles. The summed E-state index contributed by atoms with van der Waals surface area (Å²) in [5.74, 6) is 1.14. The molecule has 0 bridgehead atoms. The van der Waals surface area contributed by atoms with Crippen LogP contribution in [-0.4, -0.2) is 26.4 Å². The van der Waals surface area contributed by atoms with Gasteiger partial charge in [0.15, 0.2) is 11.0 Å². The number of thiophene rings is 1. The molecule has 0 aliphatic heterocycles. The first-order valence-corrected chi connectivity index (χ1v) is 10.5. The van der Waals surface area contributed by atoms with E-state index in [0.717, 1.165) is 10.7 Å². The third-order valence-corrected chi connectivity index (χ3v) is 6.14. The molecule has 3 rings (SSSR count). The van der Waals surface area contributed by atoms with Gasteiger partial charge in [0, 0.05) is 17.8 Å². The van der Waals surface area contributed by atoms with Crippen molar-refractivity contribution in [3.63, 3.8) is 0 Å². The average molecular weight is 419 g/mol. The number of nitrogens with zero attached hydrogens (tertiary/aromatic N) is 3. The Morgan fingerprint density at radius 3 is 2.74 bits per heavy atom. The van der Waals surface area contributed by atoms with Gasteiger partial charge in [-0.05, 0) is 23.4 Å². The second-order valence-electron chi connectivity index (χ2n) is 5.90. The van der Waals surface area contributed by atoms with Crippen molar-refractivity contribution in [2.45, 2.75) is 17.6 Å². The van der Waals surface area contributed by atoms with Crippen molar-refractivity contribution in [2.24, 2.45) is 7.05 Å². The summed E-state index contributed by atoms with van der Waals surface area (Å²) in [6.07, 6.45) is 0.622. The molecule has 0 fully saturated rings. The normalized spacial score (nSPS) is 11.9. The SMILES string of the molecule is C=C(Cl)CSc1nnc([C@@H](Cc2ccccc2)NC(=O)c2cccs2)n1C. The predicted octanol–water partition coefficient (Wildman–Crippen LogP) is 4.44. The quantitative estimate of drug-likeness (QED) is 0.549. The maximum Gasteiger partial charge on any atom is 0.261 e. The third-order valence-electron chi connectivity index (χ3n) is 3.87. The monoisotopic (exact) mass is 418 g/mol. The average Bonchev–Trinajstić information content (AvgIpc) is 3.30. The Kier molecular flexibility index (Phi) is 6.71. The largest absolute Gasteiger partial charge is 0.341 e. The third kappa shape index (κ3) is 5.22. The van der Waals surface area contributed by atoms with Gasteiger partial charge in [-0.3, -0.25) is 4.79 Å². The first-order valence-electron chi connectivity index (χ1n) is 8.28. The van der Waals surface area contributed by atoms with Crippen molar-refractivity contribution < 1.29 is 4.79 Å². The minimum absolute atomic E-state index is 0.114. The summed E-state index contributed by atoms with van der Waals surface area (Å²) in [6, 6.07) is 13.4. The number of amides is 1. The van der Waals surface area contributed by atoms with Gasteiger partial charge in [0.1, 0.15) is 0 Å². The lowest BCUT2D eigenvalue weighted by molar-refractivity contribution is 0.0938. The van der Waals surface area contributed by atoms with E-state index in [1.54, 1.807) is 0 Å². The van der Waals surface area contributed by atoms with E-state index in [1.807, 2.05) is 59.5 Å². The van der Waals surface area contributed by atoms with Crippen molar-refractivity contribution in [2.75, 3.05) is 5.75 Å². The van der Waals surface area contributed by atoms with Gasteiger partial charge < -0.3 is 9.88 Å². The number of aromatic nitrogens is 3. The molecule has 0 saturated carbocycles. The summed E-state index contributed by atoms with van der Waals surface area (Å²) in [5.41, 5.74) is 1.11. The molecule has 2 aromatic heterocycles. The Morgan fingerprint density at radius 1 is 1.30 bits per heavy atom. The fourth-order valence-corrected chi connectivity index (χ4v) is 4.05. The molecule has 3 aromatic rings. The predicted molar refractivity (Wildman–Crippen MR) is 111 cm³/mol.